The van der Waals surface area contributed by atoms with Crippen molar-refractivity contribution in [1.82, 2.24) is 0 Å². The molecule has 1 aromatic rings. The molecule has 0 atom stereocenters. The third-order valence-corrected chi connectivity index (χ3v) is 2.09. The number of halogens is 1. The van der Waals surface area contributed by atoms with E-state index in [-0.39, 0.29) is 12.0 Å². The predicted molar refractivity (Wildman–Crippen MR) is 68.3 cm³/mol. The number of ether oxygens (including phenoxy) is 1. The molecule has 0 fully saturated rings. The van der Waals surface area contributed by atoms with Gasteiger partial charge < -0.3 is 4.74 Å². The zero-order valence-electron chi connectivity index (χ0n) is 11.1. The van der Waals surface area contributed by atoms with Crippen LogP contribution < -0.4 is 5.32 Å². The van der Waals surface area contributed by atoms with Crippen molar-refractivity contribution in [2.75, 3.05) is 5.32 Å². The highest BCUT2D eigenvalue weighted by Gasteiger charge is 2.26. The van der Waals surface area contributed by atoms with Gasteiger partial charge >= 0.3 is 11.8 Å². The van der Waals surface area contributed by atoms with Crippen LogP contribution in [0.1, 0.15) is 31.1 Å². The fraction of sp³-hybridized carbons (Fsp3) is 0.333. The smallest absolute Gasteiger partial charge is 0.412 e. The average Bonchev–Trinajstić information content (AvgIpc) is 2.25. The molecule has 0 aromatic heterocycles. The number of anilines is 1. The maximum atomic E-state index is 13.7. The first-order valence-corrected chi connectivity index (χ1v) is 5.58. The standard InChI is InChI=1S/C12H13FN2O5/c1-12(2,3)20-11(17)14-8-5-4-7(6-16)9(13)10(8)15(18)19/h4-6H,1-3H3,(H,14,17). The number of carbonyl (C=O) groups excluding carboxylic acids is 2. The van der Waals surface area contributed by atoms with Crippen LogP contribution in [0, 0.1) is 15.9 Å². The Kier molecular flexibility index (Phi) is 4.38. The Balaban J connectivity index is 3.13. The van der Waals surface area contributed by atoms with Crippen molar-refractivity contribution in [2.24, 2.45) is 0 Å². The van der Waals surface area contributed by atoms with Crippen LogP contribution in [0.15, 0.2) is 12.1 Å². The Labute approximate surface area is 113 Å². The number of carbonyl (C=O) groups is 2. The minimum atomic E-state index is -1.31. The van der Waals surface area contributed by atoms with Crippen LogP contribution in [0.3, 0.4) is 0 Å². The van der Waals surface area contributed by atoms with Crippen molar-refractivity contribution in [3.8, 4) is 0 Å². The minimum absolute atomic E-state index is 0.152. The molecule has 0 saturated carbocycles. The van der Waals surface area contributed by atoms with Gasteiger partial charge in [-0.3, -0.25) is 20.2 Å². The van der Waals surface area contributed by atoms with E-state index in [1.54, 1.807) is 20.8 Å². The Morgan fingerprint density at radius 2 is 2.05 bits per heavy atom. The number of hydrogen-bond donors (Lipinski definition) is 1. The van der Waals surface area contributed by atoms with Gasteiger partial charge in [0.05, 0.1) is 10.5 Å². The molecule has 0 saturated heterocycles. The van der Waals surface area contributed by atoms with E-state index in [0.29, 0.717) is 0 Å². The molecule has 0 heterocycles. The van der Waals surface area contributed by atoms with Crippen molar-refractivity contribution in [3.63, 3.8) is 0 Å². The van der Waals surface area contributed by atoms with Gasteiger partial charge in [0.15, 0.2) is 6.29 Å². The van der Waals surface area contributed by atoms with Gasteiger partial charge in [-0.15, -0.1) is 0 Å². The van der Waals surface area contributed by atoms with Crippen LogP contribution in [-0.2, 0) is 4.74 Å². The molecular weight excluding hydrogens is 271 g/mol. The van der Waals surface area contributed by atoms with Crippen molar-refractivity contribution in [3.05, 3.63) is 33.6 Å². The second kappa shape index (κ2) is 5.64. The van der Waals surface area contributed by atoms with Gasteiger partial charge in [0, 0.05) is 0 Å². The zero-order chi connectivity index (χ0) is 15.5. The summed E-state index contributed by atoms with van der Waals surface area (Å²) in [7, 11) is 0. The van der Waals surface area contributed by atoms with Gasteiger partial charge in [-0.2, -0.15) is 4.39 Å². The molecule has 0 aliphatic carbocycles. The topological polar surface area (TPSA) is 98.5 Å². The molecule has 0 radical (unpaired) electrons. The summed E-state index contributed by atoms with van der Waals surface area (Å²) in [5, 5.41) is 12.9. The fourth-order valence-electron chi connectivity index (χ4n) is 1.36. The van der Waals surface area contributed by atoms with Crippen LogP contribution in [0.25, 0.3) is 0 Å². The summed E-state index contributed by atoms with van der Waals surface area (Å²) >= 11 is 0. The second-order valence-corrected chi connectivity index (χ2v) is 4.87. The van der Waals surface area contributed by atoms with Crippen LogP contribution >= 0.6 is 0 Å². The summed E-state index contributed by atoms with van der Waals surface area (Å²) < 4.78 is 18.6. The number of aldehydes is 1. The molecule has 0 spiro atoms. The van der Waals surface area contributed by atoms with Crippen LogP contribution in [0.4, 0.5) is 20.6 Å². The summed E-state index contributed by atoms with van der Waals surface area (Å²) in [6, 6.07) is 2.09. The SMILES string of the molecule is CC(C)(C)OC(=O)Nc1ccc(C=O)c(F)c1[N+](=O)[O-]. The van der Waals surface area contributed by atoms with Crippen molar-refractivity contribution < 1.29 is 23.6 Å². The summed E-state index contributed by atoms with van der Waals surface area (Å²) in [5.74, 6) is -1.31. The lowest BCUT2D eigenvalue weighted by molar-refractivity contribution is -0.386. The number of nitro groups is 1. The summed E-state index contributed by atoms with van der Waals surface area (Å²) in [6.07, 6.45) is -0.807. The quantitative estimate of drug-likeness (QED) is 0.522. The van der Waals surface area contributed by atoms with E-state index in [9.17, 15) is 24.1 Å². The Morgan fingerprint density at radius 3 is 2.50 bits per heavy atom. The van der Waals surface area contributed by atoms with Gasteiger partial charge in [0.2, 0.25) is 5.82 Å². The van der Waals surface area contributed by atoms with Crippen molar-refractivity contribution in [2.45, 2.75) is 26.4 Å². The third-order valence-electron chi connectivity index (χ3n) is 2.09. The number of benzene rings is 1. The molecule has 1 rings (SSSR count). The molecule has 1 aromatic carbocycles. The van der Waals surface area contributed by atoms with E-state index >= 15 is 0 Å². The van der Waals surface area contributed by atoms with E-state index in [4.69, 9.17) is 4.74 Å². The highest BCUT2D eigenvalue weighted by molar-refractivity contribution is 5.90. The Hall–Kier alpha value is -2.51. The Morgan fingerprint density at radius 1 is 1.45 bits per heavy atom. The largest absolute Gasteiger partial charge is 0.444 e. The number of nitrogens with one attached hydrogen (secondary N) is 1. The normalized spacial score (nSPS) is 10.8. The van der Waals surface area contributed by atoms with E-state index in [1.807, 2.05) is 0 Å². The molecule has 1 amide bonds. The molecule has 108 valence electrons. The number of nitro benzene ring substituents is 1. The van der Waals surface area contributed by atoms with Crippen LogP contribution in [0.2, 0.25) is 0 Å². The van der Waals surface area contributed by atoms with Gasteiger partial charge in [0.1, 0.15) is 11.3 Å². The summed E-state index contributed by atoms with van der Waals surface area (Å²) in [5.41, 5.74) is -2.64. The monoisotopic (exact) mass is 284 g/mol. The average molecular weight is 284 g/mol. The molecule has 0 aliphatic rings. The zero-order valence-corrected chi connectivity index (χ0v) is 11.1. The lowest BCUT2D eigenvalue weighted by atomic mass is 10.1. The first kappa shape index (κ1) is 15.5. The van der Waals surface area contributed by atoms with E-state index in [0.717, 1.165) is 12.1 Å². The molecular formula is C12H13FN2O5. The highest BCUT2D eigenvalue weighted by atomic mass is 19.1. The maximum absolute atomic E-state index is 13.7. The molecule has 0 aliphatic heterocycles. The van der Waals surface area contributed by atoms with Gasteiger partial charge in [-0.05, 0) is 32.9 Å². The summed E-state index contributed by atoms with van der Waals surface area (Å²) in [4.78, 5) is 31.9. The maximum Gasteiger partial charge on any atom is 0.412 e. The van der Waals surface area contributed by atoms with Crippen LogP contribution in [-0.4, -0.2) is 22.9 Å². The summed E-state index contributed by atoms with van der Waals surface area (Å²) in [6.45, 7) is 4.82. The minimum Gasteiger partial charge on any atom is -0.444 e. The Bertz CT molecular complexity index is 566. The molecule has 0 unspecified atom stereocenters. The highest BCUT2D eigenvalue weighted by Crippen LogP contribution is 2.29. The lowest BCUT2D eigenvalue weighted by Gasteiger charge is -2.19. The molecule has 1 N–H and O–H groups in total. The fourth-order valence-corrected chi connectivity index (χ4v) is 1.36. The lowest BCUT2D eigenvalue weighted by Crippen LogP contribution is -2.27. The predicted octanol–water partition coefficient (Wildman–Crippen LogP) is 2.89. The number of hydrogen-bond acceptors (Lipinski definition) is 5. The third kappa shape index (κ3) is 3.74. The second-order valence-electron chi connectivity index (χ2n) is 4.87. The van der Waals surface area contributed by atoms with Crippen LogP contribution in [0.5, 0.6) is 0 Å². The molecule has 0 bridgehead atoms. The van der Waals surface area contributed by atoms with Gasteiger partial charge in [-0.25, -0.2) is 4.79 Å². The molecule has 20 heavy (non-hydrogen) atoms. The van der Waals surface area contributed by atoms with Crippen molar-refractivity contribution >= 4 is 23.8 Å². The van der Waals surface area contributed by atoms with Crippen molar-refractivity contribution in [1.29, 1.82) is 0 Å². The van der Waals surface area contributed by atoms with E-state index < -0.39 is 33.7 Å². The number of nitrogens with zero attached hydrogens (tertiary/aromatic N) is 1. The number of rotatable bonds is 3. The molecule has 7 nitrogen and oxygen atoms in total. The van der Waals surface area contributed by atoms with E-state index in [1.165, 1.54) is 0 Å². The number of amides is 1. The first-order valence-electron chi connectivity index (χ1n) is 5.58. The van der Waals surface area contributed by atoms with Gasteiger partial charge in [0.25, 0.3) is 0 Å². The molecule has 8 heteroatoms. The van der Waals surface area contributed by atoms with Gasteiger partial charge in [-0.1, -0.05) is 0 Å². The first-order chi connectivity index (χ1) is 9.15. The van der Waals surface area contributed by atoms with E-state index in [2.05, 4.69) is 5.32 Å².